The lowest BCUT2D eigenvalue weighted by atomic mass is 9.95. The number of carbonyl (C=O) groups is 2. The normalized spacial score (nSPS) is 16.4. The van der Waals surface area contributed by atoms with Crippen LogP contribution in [0.25, 0.3) is 11.1 Å². The molecule has 1 aromatic heterocycles. The lowest BCUT2D eigenvalue weighted by molar-refractivity contribution is -0.149. The van der Waals surface area contributed by atoms with Gasteiger partial charge in [0.2, 0.25) is 11.8 Å². The maximum atomic E-state index is 12.7. The van der Waals surface area contributed by atoms with Gasteiger partial charge in [0, 0.05) is 37.1 Å². The number of rotatable bonds is 5. The Morgan fingerprint density at radius 1 is 1.17 bits per heavy atom. The van der Waals surface area contributed by atoms with Gasteiger partial charge in [-0.3, -0.25) is 14.6 Å². The van der Waals surface area contributed by atoms with E-state index in [-0.39, 0.29) is 24.5 Å². The van der Waals surface area contributed by atoms with E-state index in [0.717, 1.165) is 27.9 Å². The van der Waals surface area contributed by atoms with Gasteiger partial charge < -0.3 is 15.0 Å². The third kappa shape index (κ3) is 4.39. The maximum absolute atomic E-state index is 12.7. The molecule has 1 fully saturated rings. The Morgan fingerprint density at radius 2 is 2.00 bits per heavy atom. The summed E-state index contributed by atoms with van der Waals surface area (Å²) < 4.78 is 5.61. The molecular formula is C24H23N3O3. The number of benzene rings is 2. The van der Waals surface area contributed by atoms with E-state index in [1.165, 1.54) is 6.92 Å². The van der Waals surface area contributed by atoms with E-state index >= 15 is 0 Å². The van der Waals surface area contributed by atoms with Crippen LogP contribution in [0.1, 0.15) is 24.1 Å². The maximum Gasteiger partial charge on any atom is 0.249 e. The Bertz CT molecular complexity index is 1050. The van der Waals surface area contributed by atoms with Crippen LogP contribution in [0.5, 0.6) is 0 Å². The first-order chi connectivity index (χ1) is 14.6. The van der Waals surface area contributed by atoms with Gasteiger partial charge in [0.15, 0.2) is 0 Å². The van der Waals surface area contributed by atoms with Gasteiger partial charge in [0.25, 0.3) is 0 Å². The van der Waals surface area contributed by atoms with Crippen LogP contribution in [0.15, 0.2) is 73.1 Å². The third-order valence-corrected chi connectivity index (χ3v) is 5.10. The minimum atomic E-state index is -0.250. The van der Waals surface area contributed by atoms with Gasteiger partial charge in [-0.05, 0) is 34.9 Å². The molecule has 0 bridgehead atoms. The van der Waals surface area contributed by atoms with Crippen LogP contribution in [0, 0.1) is 0 Å². The molecule has 0 spiro atoms. The van der Waals surface area contributed by atoms with E-state index in [1.807, 2.05) is 65.6 Å². The summed E-state index contributed by atoms with van der Waals surface area (Å²) in [6.45, 7) is 2.48. The largest absolute Gasteiger partial charge is 0.369 e. The van der Waals surface area contributed by atoms with Crippen LogP contribution < -0.4 is 5.32 Å². The van der Waals surface area contributed by atoms with E-state index in [0.29, 0.717) is 13.2 Å². The second-order valence-electron chi connectivity index (χ2n) is 7.26. The fourth-order valence-electron chi connectivity index (χ4n) is 3.74. The molecule has 2 amide bonds. The second kappa shape index (κ2) is 8.88. The Labute approximate surface area is 175 Å². The molecule has 1 aliphatic rings. The molecule has 3 aromatic rings. The number of aromatic nitrogens is 1. The van der Waals surface area contributed by atoms with Crippen molar-refractivity contribution in [2.45, 2.75) is 19.5 Å². The molecule has 30 heavy (non-hydrogen) atoms. The van der Waals surface area contributed by atoms with Crippen LogP contribution in [0.4, 0.5) is 5.69 Å². The molecule has 1 N–H and O–H groups in total. The average molecular weight is 401 g/mol. The zero-order valence-corrected chi connectivity index (χ0v) is 16.7. The highest BCUT2D eigenvalue weighted by molar-refractivity contribution is 5.89. The highest BCUT2D eigenvalue weighted by Crippen LogP contribution is 2.34. The van der Waals surface area contributed by atoms with Crippen molar-refractivity contribution in [3.63, 3.8) is 0 Å². The number of anilines is 1. The topological polar surface area (TPSA) is 71.5 Å². The molecule has 0 saturated carbocycles. The lowest BCUT2D eigenvalue weighted by Gasteiger charge is -2.36. The number of carbonyl (C=O) groups excluding carboxylic acids is 2. The minimum absolute atomic E-state index is 0.0445. The molecule has 4 rings (SSSR count). The third-order valence-electron chi connectivity index (χ3n) is 5.10. The van der Waals surface area contributed by atoms with Crippen LogP contribution in [-0.2, 0) is 20.9 Å². The second-order valence-corrected chi connectivity index (χ2v) is 7.26. The van der Waals surface area contributed by atoms with E-state index in [2.05, 4.69) is 10.3 Å². The Balaban J connectivity index is 1.71. The van der Waals surface area contributed by atoms with Gasteiger partial charge in [-0.1, -0.05) is 42.5 Å². The van der Waals surface area contributed by atoms with Gasteiger partial charge in [0.05, 0.1) is 12.6 Å². The predicted octanol–water partition coefficient (Wildman–Crippen LogP) is 3.81. The number of hydrogen-bond donors (Lipinski definition) is 1. The monoisotopic (exact) mass is 401 g/mol. The summed E-state index contributed by atoms with van der Waals surface area (Å²) in [5.74, 6) is -0.167. The van der Waals surface area contributed by atoms with Crippen LogP contribution in [-0.4, -0.2) is 34.9 Å². The molecule has 2 heterocycles. The van der Waals surface area contributed by atoms with Crippen LogP contribution in [0.3, 0.4) is 0 Å². The van der Waals surface area contributed by atoms with Crippen molar-refractivity contribution in [2.24, 2.45) is 0 Å². The summed E-state index contributed by atoms with van der Waals surface area (Å²) in [4.78, 5) is 30.4. The van der Waals surface area contributed by atoms with Crippen LogP contribution in [0.2, 0.25) is 0 Å². The summed E-state index contributed by atoms with van der Waals surface area (Å²) in [6, 6.07) is 19.3. The van der Waals surface area contributed by atoms with Crippen molar-refractivity contribution in [3.8, 4) is 11.1 Å². The molecule has 1 atom stereocenters. The van der Waals surface area contributed by atoms with Crippen LogP contribution >= 0.6 is 0 Å². The molecular weight excluding hydrogens is 378 g/mol. The standard InChI is InChI=1S/C24H23N3O3/c1-17(28)26-20-9-5-8-19(12-20)21-10-11-25-13-22(21)23-15-30-16-24(29)27(23)14-18-6-3-2-4-7-18/h2-13,23H,14-16H2,1H3,(H,26,28). The SMILES string of the molecule is CC(=O)Nc1cccc(-c2ccncc2C2COCC(=O)N2Cc2ccccc2)c1. The molecule has 2 aromatic carbocycles. The van der Waals surface area contributed by atoms with Crippen molar-refractivity contribution < 1.29 is 14.3 Å². The molecule has 1 saturated heterocycles. The molecule has 6 nitrogen and oxygen atoms in total. The molecule has 0 aliphatic carbocycles. The highest BCUT2D eigenvalue weighted by atomic mass is 16.5. The predicted molar refractivity (Wildman–Crippen MR) is 115 cm³/mol. The molecule has 6 heteroatoms. The summed E-state index contributed by atoms with van der Waals surface area (Å²) in [5, 5.41) is 2.82. The summed E-state index contributed by atoms with van der Waals surface area (Å²) in [7, 11) is 0. The van der Waals surface area contributed by atoms with Crippen molar-refractivity contribution in [3.05, 3.63) is 84.2 Å². The van der Waals surface area contributed by atoms with Crippen molar-refractivity contribution in [1.82, 2.24) is 9.88 Å². The van der Waals surface area contributed by atoms with Gasteiger partial charge in [-0.2, -0.15) is 0 Å². The van der Waals surface area contributed by atoms with E-state index < -0.39 is 0 Å². The Morgan fingerprint density at radius 3 is 2.80 bits per heavy atom. The van der Waals surface area contributed by atoms with Gasteiger partial charge in [-0.25, -0.2) is 0 Å². The lowest BCUT2D eigenvalue weighted by Crippen LogP contribution is -2.43. The number of morpholine rings is 1. The quantitative estimate of drug-likeness (QED) is 0.706. The zero-order chi connectivity index (χ0) is 20.9. The zero-order valence-electron chi connectivity index (χ0n) is 16.7. The Kier molecular flexibility index (Phi) is 5.86. The Hall–Kier alpha value is -3.51. The number of nitrogens with zero attached hydrogens (tertiary/aromatic N) is 2. The van der Waals surface area contributed by atoms with E-state index in [1.54, 1.807) is 12.4 Å². The van der Waals surface area contributed by atoms with Crippen molar-refractivity contribution >= 4 is 17.5 Å². The summed E-state index contributed by atoms with van der Waals surface area (Å²) in [6.07, 6.45) is 3.53. The van der Waals surface area contributed by atoms with Gasteiger partial charge in [-0.15, -0.1) is 0 Å². The first-order valence-corrected chi connectivity index (χ1v) is 9.85. The number of hydrogen-bond acceptors (Lipinski definition) is 4. The number of nitrogens with one attached hydrogen (secondary N) is 1. The van der Waals surface area contributed by atoms with Gasteiger partial charge >= 0.3 is 0 Å². The number of ether oxygens (including phenoxy) is 1. The summed E-state index contributed by atoms with van der Waals surface area (Å²) in [5.41, 5.74) is 4.60. The smallest absolute Gasteiger partial charge is 0.249 e. The van der Waals surface area contributed by atoms with Crippen molar-refractivity contribution in [2.75, 3.05) is 18.5 Å². The molecule has 1 aliphatic heterocycles. The first-order valence-electron chi connectivity index (χ1n) is 9.85. The van der Waals surface area contributed by atoms with Gasteiger partial charge in [0.1, 0.15) is 6.61 Å². The highest BCUT2D eigenvalue weighted by Gasteiger charge is 2.31. The number of pyridine rings is 1. The molecule has 1 unspecified atom stereocenters. The fourth-order valence-corrected chi connectivity index (χ4v) is 3.74. The van der Waals surface area contributed by atoms with E-state index in [4.69, 9.17) is 4.74 Å². The van der Waals surface area contributed by atoms with Crippen molar-refractivity contribution in [1.29, 1.82) is 0 Å². The number of amides is 2. The minimum Gasteiger partial charge on any atom is -0.369 e. The van der Waals surface area contributed by atoms with E-state index in [9.17, 15) is 9.59 Å². The average Bonchev–Trinajstić information content (AvgIpc) is 2.76. The molecule has 0 radical (unpaired) electrons. The first kappa shape index (κ1) is 19.8. The summed E-state index contributed by atoms with van der Waals surface area (Å²) >= 11 is 0. The molecule has 152 valence electrons. The fraction of sp³-hybridized carbons (Fsp3) is 0.208.